The van der Waals surface area contributed by atoms with Crippen molar-refractivity contribution in [1.29, 1.82) is 0 Å². The lowest BCUT2D eigenvalue weighted by Gasteiger charge is -2.29. The number of hydrogen-bond acceptors (Lipinski definition) is 0. The summed E-state index contributed by atoms with van der Waals surface area (Å²) in [7, 11) is 4.56. The Kier molecular flexibility index (Phi) is 9.98. The van der Waals surface area contributed by atoms with E-state index < -0.39 is 0 Å². The molecule has 2 nitrogen and oxygen atoms in total. The fourth-order valence-corrected chi connectivity index (χ4v) is 1.70. The third-order valence-corrected chi connectivity index (χ3v) is 2.47. The van der Waals surface area contributed by atoms with Crippen LogP contribution in [0.3, 0.4) is 0 Å². The van der Waals surface area contributed by atoms with E-state index in [1.807, 2.05) is 0 Å². The Hall–Kier alpha value is -0.280. The SMILES string of the molecule is C[N+](C)(CCC[NH3+])Cc1ccccc1.[Cl-].[Cl-]. The third kappa shape index (κ3) is 7.07. The van der Waals surface area contributed by atoms with Gasteiger partial charge in [-0.2, -0.15) is 0 Å². The summed E-state index contributed by atoms with van der Waals surface area (Å²) in [4.78, 5) is 0. The van der Waals surface area contributed by atoms with E-state index in [9.17, 15) is 0 Å². The van der Waals surface area contributed by atoms with Crippen LogP contribution in [0.15, 0.2) is 30.3 Å². The number of rotatable bonds is 5. The molecule has 0 saturated carbocycles. The third-order valence-electron chi connectivity index (χ3n) is 2.47. The van der Waals surface area contributed by atoms with E-state index >= 15 is 0 Å². The summed E-state index contributed by atoms with van der Waals surface area (Å²) in [5.74, 6) is 0. The molecule has 3 N–H and O–H groups in total. The molecule has 4 heteroatoms. The van der Waals surface area contributed by atoms with Gasteiger partial charge < -0.3 is 35.0 Å². The van der Waals surface area contributed by atoms with Gasteiger partial charge in [-0.05, 0) is 0 Å². The van der Waals surface area contributed by atoms with E-state index in [0.717, 1.165) is 17.6 Å². The number of nitrogens with zero attached hydrogens (tertiary/aromatic N) is 1. The van der Waals surface area contributed by atoms with Gasteiger partial charge in [-0.15, -0.1) is 0 Å². The van der Waals surface area contributed by atoms with Gasteiger partial charge in [0.15, 0.2) is 0 Å². The standard InChI is InChI=1S/C12H21N2.2ClH/c1-14(2,10-6-9-13)11-12-7-4-3-5-8-12;;/h3-5,7-8H,6,9-11,13H2,1-2H3;2*1H/q+1;;/p-1. The van der Waals surface area contributed by atoms with Crippen molar-refractivity contribution >= 4 is 0 Å². The molecule has 0 heterocycles. The molecule has 0 aliphatic carbocycles. The van der Waals surface area contributed by atoms with Gasteiger partial charge in [-0.25, -0.2) is 0 Å². The Labute approximate surface area is 111 Å². The normalized spacial score (nSPS) is 10.2. The summed E-state index contributed by atoms with van der Waals surface area (Å²) < 4.78 is 1.06. The Bertz CT molecular complexity index is 263. The van der Waals surface area contributed by atoms with Gasteiger partial charge in [0.2, 0.25) is 0 Å². The predicted octanol–water partition coefficient (Wildman–Crippen LogP) is -5.10. The molecule has 0 saturated heterocycles. The van der Waals surface area contributed by atoms with Crippen molar-refractivity contribution in [3.05, 3.63) is 35.9 Å². The maximum atomic E-state index is 3.89. The first-order valence-electron chi connectivity index (χ1n) is 5.29. The first-order valence-corrected chi connectivity index (χ1v) is 5.29. The molecular weight excluding hydrogens is 243 g/mol. The molecule has 0 radical (unpaired) electrons. The summed E-state index contributed by atoms with van der Waals surface area (Å²) in [5.41, 5.74) is 5.30. The van der Waals surface area contributed by atoms with Gasteiger partial charge in [0.25, 0.3) is 0 Å². The van der Waals surface area contributed by atoms with Crippen LogP contribution in [0, 0.1) is 0 Å². The molecule has 0 spiro atoms. The first kappa shape index (κ1) is 18.1. The number of hydrogen-bond donors (Lipinski definition) is 1. The van der Waals surface area contributed by atoms with Crippen molar-refractivity contribution in [2.24, 2.45) is 0 Å². The fourth-order valence-electron chi connectivity index (χ4n) is 1.70. The minimum absolute atomic E-state index is 0. The Balaban J connectivity index is 0. The summed E-state index contributed by atoms with van der Waals surface area (Å²) in [6, 6.07) is 10.7. The zero-order chi connectivity index (χ0) is 10.4. The zero-order valence-corrected chi connectivity index (χ0v) is 11.6. The molecule has 0 bridgehead atoms. The Morgan fingerprint density at radius 2 is 1.62 bits per heavy atom. The van der Waals surface area contributed by atoms with Gasteiger partial charge >= 0.3 is 0 Å². The molecule has 1 aromatic carbocycles. The van der Waals surface area contributed by atoms with Crippen LogP contribution in [0.4, 0.5) is 0 Å². The van der Waals surface area contributed by atoms with E-state index in [1.54, 1.807) is 0 Å². The minimum Gasteiger partial charge on any atom is -1.00 e. The van der Waals surface area contributed by atoms with E-state index in [4.69, 9.17) is 0 Å². The van der Waals surface area contributed by atoms with Crippen LogP contribution in [0.5, 0.6) is 0 Å². The van der Waals surface area contributed by atoms with Crippen LogP contribution >= 0.6 is 0 Å². The monoisotopic (exact) mass is 264 g/mol. The maximum Gasteiger partial charge on any atom is 0.104 e. The Morgan fingerprint density at radius 1 is 1.06 bits per heavy atom. The first-order chi connectivity index (χ1) is 6.64. The van der Waals surface area contributed by atoms with E-state index in [-0.39, 0.29) is 24.8 Å². The molecule has 94 valence electrons. The van der Waals surface area contributed by atoms with Crippen molar-refractivity contribution in [2.45, 2.75) is 13.0 Å². The van der Waals surface area contributed by atoms with Crippen LogP contribution in [0.25, 0.3) is 0 Å². The van der Waals surface area contributed by atoms with E-state index in [1.165, 1.54) is 18.5 Å². The van der Waals surface area contributed by atoms with Crippen molar-refractivity contribution in [1.82, 2.24) is 0 Å². The molecular formula is C12H22Cl2N2. The largest absolute Gasteiger partial charge is 1.00 e. The lowest BCUT2D eigenvalue weighted by atomic mass is 10.2. The van der Waals surface area contributed by atoms with Crippen molar-refractivity contribution < 1.29 is 35.0 Å². The topological polar surface area (TPSA) is 27.6 Å². The minimum atomic E-state index is 0. The van der Waals surface area contributed by atoms with Crippen LogP contribution in [-0.4, -0.2) is 31.7 Å². The molecule has 1 rings (SSSR count). The highest BCUT2D eigenvalue weighted by molar-refractivity contribution is 5.13. The van der Waals surface area contributed by atoms with Crippen LogP contribution < -0.4 is 30.5 Å². The fraction of sp³-hybridized carbons (Fsp3) is 0.500. The number of benzene rings is 1. The van der Waals surface area contributed by atoms with Crippen LogP contribution in [0.2, 0.25) is 0 Å². The summed E-state index contributed by atoms with van der Waals surface area (Å²) in [6.45, 7) is 3.36. The smallest absolute Gasteiger partial charge is 0.104 e. The number of halogens is 2. The molecule has 0 unspecified atom stereocenters. The van der Waals surface area contributed by atoms with Gasteiger partial charge in [0, 0.05) is 12.0 Å². The molecule has 0 atom stereocenters. The second-order valence-corrected chi connectivity index (χ2v) is 4.51. The van der Waals surface area contributed by atoms with Crippen LogP contribution in [-0.2, 0) is 6.54 Å². The molecule has 0 aliphatic rings. The molecule has 0 amide bonds. The quantitative estimate of drug-likeness (QED) is 0.516. The van der Waals surface area contributed by atoms with Gasteiger partial charge in [0.1, 0.15) is 6.54 Å². The molecule has 16 heavy (non-hydrogen) atoms. The van der Waals surface area contributed by atoms with Gasteiger partial charge in [0.05, 0.1) is 27.2 Å². The van der Waals surface area contributed by atoms with E-state index in [0.29, 0.717) is 0 Å². The lowest BCUT2D eigenvalue weighted by Crippen LogP contribution is -3.00. The summed E-state index contributed by atoms with van der Waals surface area (Å²) in [6.07, 6.45) is 1.21. The summed E-state index contributed by atoms with van der Waals surface area (Å²) >= 11 is 0. The molecule has 0 aliphatic heterocycles. The Morgan fingerprint density at radius 3 is 2.12 bits per heavy atom. The van der Waals surface area contributed by atoms with Gasteiger partial charge in [-0.3, -0.25) is 0 Å². The highest BCUT2D eigenvalue weighted by Crippen LogP contribution is 2.09. The molecule has 1 aromatic rings. The summed E-state index contributed by atoms with van der Waals surface area (Å²) in [5, 5.41) is 0. The predicted molar refractivity (Wildman–Crippen MR) is 59.5 cm³/mol. The lowest BCUT2D eigenvalue weighted by molar-refractivity contribution is -0.904. The zero-order valence-electron chi connectivity index (χ0n) is 10.1. The maximum absolute atomic E-state index is 3.89. The highest BCUT2D eigenvalue weighted by Gasteiger charge is 2.14. The number of quaternary nitrogens is 2. The highest BCUT2D eigenvalue weighted by atomic mass is 35.5. The molecule has 0 aromatic heterocycles. The van der Waals surface area contributed by atoms with E-state index in [2.05, 4.69) is 50.2 Å². The van der Waals surface area contributed by atoms with Gasteiger partial charge in [-0.1, -0.05) is 30.3 Å². The average Bonchev–Trinajstić information content (AvgIpc) is 2.16. The van der Waals surface area contributed by atoms with Crippen molar-refractivity contribution in [3.8, 4) is 0 Å². The van der Waals surface area contributed by atoms with Crippen molar-refractivity contribution in [3.63, 3.8) is 0 Å². The van der Waals surface area contributed by atoms with Crippen LogP contribution in [0.1, 0.15) is 12.0 Å². The second-order valence-electron chi connectivity index (χ2n) is 4.51. The average molecular weight is 265 g/mol. The molecule has 0 fully saturated rings. The second kappa shape index (κ2) is 8.82. The van der Waals surface area contributed by atoms with Crippen molar-refractivity contribution in [2.75, 3.05) is 27.2 Å².